The highest BCUT2D eigenvalue weighted by Gasteiger charge is 2.29. The molecule has 2 rings (SSSR count). The summed E-state index contributed by atoms with van der Waals surface area (Å²) in [5.74, 6) is 0.522. The summed E-state index contributed by atoms with van der Waals surface area (Å²) in [6.07, 6.45) is 4.62. The van der Waals surface area contributed by atoms with E-state index in [0.717, 1.165) is 38.4 Å². The van der Waals surface area contributed by atoms with Crippen molar-refractivity contribution < 1.29 is 9.47 Å². The Kier molecular flexibility index (Phi) is 5.36. The average Bonchev–Trinajstić information content (AvgIpc) is 2.74. The Morgan fingerprint density at radius 1 is 1.58 bits per heavy atom. The first kappa shape index (κ1) is 14.5. The van der Waals surface area contributed by atoms with Gasteiger partial charge in [0.25, 0.3) is 0 Å². The zero-order valence-electron chi connectivity index (χ0n) is 12.2. The molecule has 2 unspecified atom stereocenters. The van der Waals surface area contributed by atoms with Crippen molar-refractivity contribution in [3.05, 3.63) is 17.5 Å². The quantitative estimate of drug-likeness (QED) is 0.792. The van der Waals surface area contributed by atoms with Crippen molar-refractivity contribution in [1.29, 1.82) is 0 Å². The Balaban J connectivity index is 1.97. The van der Waals surface area contributed by atoms with E-state index in [1.165, 1.54) is 12.0 Å². The van der Waals surface area contributed by atoms with Gasteiger partial charge in [-0.3, -0.25) is 4.68 Å². The summed E-state index contributed by atoms with van der Waals surface area (Å²) >= 11 is 0. The van der Waals surface area contributed by atoms with Crippen molar-refractivity contribution in [2.45, 2.75) is 25.9 Å². The maximum atomic E-state index is 6.00. The molecule has 1 aromatic heterocycles. The van der Waals surface area contributed by atoms with Crippen LogP contribution < -0.4 is 5.32 Å². The summed E-state index contributed by atoms with van der Waals surface area (Å²) in [5, 5.41) is 7.88. The van der Waals surface area contributed by atoms with E-state index in [4.69, 9.17) is 9.47 Å². The molecule has 19 heavy (non-hydrogen) atoms. The van der Waals surface area contributed by atoms with Gasteiger partial charge in [0.2, 0.25) is 0 Å². The number of hydrogen-bond donors (Lipinski definition) is 1. The lowest BCUT2D eigenvalue weighted by Crippen LogP contribution is -2.33. The van der Waals surface area contributed by atoms with Gasteiger partial charge in [0, 0.05) is 51.5 Å². The van der Waals surface area contributed by atoms with Gasteiger partial charge in [-0.15, -0.1) is 0 Å². The topological polar surface area (TPSA) is 48.3 Å². The molecule has 0 saturated carbocycles. The van der Waals surface area contributed by atoms with E-state index in [0.29, 0.717) is 5.92 Å². The number of ether oxygens (including phenoxy) is 2. The van der Waals surface area contributed by atoms with E-state index < -0.39 is 0 Å². The third-order valence-corrected chi connectivity index (χ3v) is 3.69. The van der Waals surface area contributed by atoms with Gasteiger partial charge in [-0.05, 0) is 19.8 Å². The molecule has 0 aliphatic carbocycles. The molecule has 0 bridgehead atoms. The molecule has 108 valence electrons. The summed E-state index contributed by atoms with van der Waals surface area (Å²) in [6, 6.07) is 0. The molecular weight excluding hydrogens is 242 g/mol. The van der Waals surface area contributed by atoms with Crippen LogP contribution in [0.5, 0.6) is 0 Å². The van der Waals surface area contributed by atoms with Crippen molar-refractivity contribution in [1.82, 2.24) is 15.1 Å². The maximum absolute atomic E-state index is 6.00. The smallest absolute Gasteiger partial charge is 0.0898 e. The molecule has 1 aliphatic heterocycles. The summed E-state index contributed by atoms with van der Waals surface area (Å²) < 4.78 is 12.9. The fraction of sp³-hybridized carbons (Fsp3) is 0.786. The highest BCUT2D eigenvalue weighted by molar-refractivity contribution is 5.20. The molecule has 1 N–H and O–H groups in total. The van der Waals surface area contributed by atoms with Gasteiger partial charge >= 0.3 is 0 Å². The molecule has 0 amide bonds. The minimum atomic E-state index is 0.178. The number of hydrogen-bond acceptors (Lipinski definition) is 4. The van der Waals surface area contributed by atoms with E-state index in [1.807, 2.05) is 11.7 Å². The van der Waals surface area contributed by atoms with E-state index in [1.54, 1.807) is 7.11 Å². The molecule has 1 saturated heterocycles. The number of rotatable bonds is 6. The Hall–Kier alpha value is -0.910. The molecule has 5 heteroatoms. The predicted octanol–water partition coefficient (Wildman–Crippen LogP) is 1.43. The molecule has 2 heterocycles. The zero-order chi connectivity index (χ0) is 13.7. The number of aromatic nitrogens is 2. The summed E-state index contributed by atoms with van der Waals surface area (Å²) in [5.41, 5.74) is 2.32. The van der Waals surface area contributed by atoms with Crippen LogP contribution in [0.1, 0.15) is 30.2 Å². The van der Waals surface area contributed by atoms with E-state index in [9.17, 15) is 0 Å². The normalized spacial score (nSPS) is 23.7. The minimum Gasteiger partial charge on any atom is -0.383 e. The molecule has 0 aromatic carbocycles. The van der Waals surface area contributed by atoms with E-state index >= 15 is 0 Å². The van der Waals surface area contributed by atoms with Gasteiger partial charge in [0.05, 0.1) is 18.4 Å². The SMILES string of the molecule is COCCNCC1CCCOC1c1cn(C)nc1C. The monoisotopic (exact) mass is 267 g/mol. The van der Waals surface area contributed by atoms with Gasteiger partial charge in [0.15, 0.2) is 0 Å². The van der Waals surface area contributed by atoms with Crippen LogP contribution in [0.3, 0.4) is 0 Å². The van der Waals surface area contributed by atoms with Crippen LogP contribution in [-0.2, 0) is 16.5 Å². The Morgan fingerprint density at radius 3 is 3.11 bits per heavy atom. The summed E-state index contributed by atoms with van der Waals surface area (Å²) in [4.78, 5) is 0. The third kappa shape index (κ3) is 3.78. The van der Waals surface area contributed by atoms with Gasteiger partial charge in [0.1, 0.15) is 0 Å². The molecule has 0 radical (unpaired) electrons. The molecule has 5 nitrogen and oxygen atoms in total. The van der Waals surface area contributed by atoms with E-state index in [-0.39, 0.29) is 6.10 Å². The lowest BCUT2D eigenvalue weighted by molar-refractivity contribution is -0.0283. The van der Waals surface area contributed by atoms with Gasteiger partial charge in [-0.2, -0.15) is 5.10 Å². The number of aryl methyl sites for hydroxylation is 2. The van der Waals surface area contributed by atoms with Crippen LogP contribution in [0.25, 0.3) is 0 Å². The minimum absolute atomic E-state index is 0.178. The third-order valence-electron chi connectivity index (χ3n) is 3.69. The highest BCUT2D eigenvalue weighted by Crippen LogP contribution is 2.34. The molecular formula is C14H25N3O2. The fourth-order valence-corrected chi connectivity index (χ4v) is 2.76. The predicted molar refractivity (Wildman–Crippen MR) is 74.1 cm³/mol. The molecule has 2 atom stereocenters. The van der Waals surface area contributed by atoms with Crippen LogP contribution in [0.4, 0.5) is 0 Å². The lowest BCUT2D eigenvalue weighted by atomic mass is 9.89. The van der Waals surface area contributed by atoms with Crippen molar-refractivity contribution in [3.8, 4) is 0 Å². The second-order valence-corrected chi connectivity index (χ2v) is 5.23. The number of nitrogens with one attached hydrogen (secondary N) is 1. The molecule has 1 aromatic rings. The van der Waals surface area contributed by atoms with Crippen LogP contribution in [0, 0.1) is 12.8 Å². The summed E-state index contributed by atoms with van der Waals surface area (Å²) in [6.45, 7) is 5.54. The zero-order valence-corrected chi connectivity index (χ0v) is 12.2. The molecule has 0 spiro atoms. The van der Waals surface area contributed by atoms with E-state index in [2.05, 4.69) is 23.5 Å². The maximum Gasteiger partial charge on any atom is 0.0898 e. The molecule has 1 aliphatic rings. The van der Waals surface area contributed by atoms with Crippen molar-refractivity contribution in [3.63, 3.8) is 0 Å². The van der Waals surface area contributed by atoms with Gasteiger partial charge in [-0.1, -0.05) is 0 Å². The van der Waals surface area contributed by atoms with Crippen LogP contribution >= 0.6 is 0 Å². The number of nitrogens with zero attached hydrogens (tertiary/aromatic N) is 2. The Morgan fingerprint density at radius 2 is 2.42 bits per heavy atom. The molecule has 1 fully saturated rings. The lowest BCUT2D eigenvalue weighted by Gasteiger charge is -2.32. The van der Waals surface area contributed by atoms with Crippen LogP contribution in [-0.4, -0.2) is 43.2 Å². The first-order chi connectivity index (χ1) is 9.22. The fourth-order valence-electron chi connectivity index (χ4n) is 2.76. The first-order valence-corrected chi connectivity index (χ1v) is 7.03. The van der Waals surface area contributed by atoms with Crippen LogP contribution in [0.15, 0.2) is 6.20 Å². The standard InChI is InChI=1S/C14H25N3O2/c1-11-13(10-17(2)16-11)14-12(5-4-7-19-14)9-15-6-8-18-3/h10,12,14-15H,4-9H2,1-3H3. The highest BCUT2D eigenvalue weighted by atomic mass is 16.5. The second kappa shape index (κ2) is 7.03. The number of methoxy groups -OCH3 is 1. The van der Waals surface area contributed by atoms with Crippen molar-refractivity contribution in [2.24, 2.45) is 13.0 Å². The van der Waals surface area contributed by atoms with Crippen LogP contribution in [0.2, 0.25) is 0 Å². The Labute approximate surface area is 115 Å². The van der Waals surface area contributed by atoms with Gasteiger partial charge in [-0.25, -0.2) is 0 Å². The van der Waals surface area contributed by atoms with Gasteiger partial charge < -0.3 is 14.8 Å². The average molecular weight is 267 g/mol. The first-order valence-electron chi connectivity index (χ1n) is 7.03. The largest absolute Gasteiger partial charge is 0.383 e. The Bertz CT molecular complexity index is 392. The second-order valence-electron chi connectivity index (χ2n) is 5.23. The van der Waals surface area contributed by atoms with Crippen molar-refractivity contribution in [2.75, 3.05) is 33.4 Å². The summed E-state index contributed by atoms with van der Waals surface area (Å²) in [7, 11) is 3.69. The van der Waals surface area contributed by atoms with Crippen molar-refractivity contribution >= 4 is 0 Å².